The second-order valence-corrected chi connectivity index (χ2v) is 7.93. The Morgan fingerprint density at radius 1 is 1.30 bits per heavy atom. The van der Waals surface area contributed by atoms with E-state index in [9.17, 15) is 13.2 Å². The maximum Gasteiger partial charge on any atom is 0.239 e. The van der Waals surface area contributed by atoms with Crippen LogP contribution in [-0.4, -0.2) is 56.1 Å². The Balaban J connectivity index is 2.49. The molecule has 1 fully saturated rings. The first-order valence-corrected chi connectivity index (χ1v) is 8.81. The van der Waals surface area contributed by atoms with Gasteiger partial charge in [-0.25, -0.2) is 12.7 Å². The van der Waals surface area contributed by atoms with Crippen molar-refractivity contribution in [2.45, 2.75) is 51.6 Å². The number of nitrogens with zero attached hydrogens (tertiary/aromatic N) is 1. The number of hydrogen-bond acceptors (Lipinski definition) is 4. The van der Waals surface area contributed by atoms with Gasteiger partial charge in [0.1, 0.15) is 0 Å². The molecule has 0 unspecified atom stereocenters. The van der Waals surface area contributed by atoms with Crippen LogP contribution in [0.3, 0.4) is 0 Å². The molecule has 0 aromatic carbocycles. The lowest BCUT2D eigenvalue weighted by atomic mass is 10.0. The van der Waals surface area contributed by atoms with E-state index in [1.807, 2.05) is 20.8 Å². The maximum atomic E-state index is 12.0. The fraction of sp³-hybridized carbons (Fsp3) is 0.923. The molecule has 0 atom stereocenters. The monoisotopic (exact) mass is 305 g/mol. The van der Waals surface area contributed by atoms with Gasteiger partial charge in [-0.15, -0.1) is 0 Å². The smallest absolute Gasteiger partial charge is 0.239 e. The molecule has 7 heteroatoms. The molecule has 1 aliphatic rings. The Hall–Kier alpha value is -0.660. The fourth-order valence-electron chi connectivity index (χ4n) is 2.14. The van der Waals surface area contributed by atoms with Gasteiger partial charge in [0, 0.05) is 19.1 Å². The average molecular weight is 305 g/mol. The van der Waals surface area contributed by atoms with Gasteiger partial charge < -0.3 is 10.6 Å². The number of nitrogens with one attached hydrogen (secondary N) is 2. The van der Waals surface area contributed by atoms with E-state index in [0.29, 0.717) is 32.4 Å². The molecule has 0 bridgehead atoms. The zero-order chi connectivity index (χ0) is 15.4. The highest BCUT2D eigenvalue weighted by atomic mass is 32.2. The van der Waals surface area contributed by atoms with Crippen molar-refractivity contribution in [1.29, 1.82) is 0 Å². The molecular formula is C13H27N3O3S. The summed E-state index contributed by atoms with van der Waals surface area (Å²) >= 11 is 0. The SMILES string of the molecule is CCCS(=O)(=O)N1CCC(NC(=O)C(C)(C)NC)CC1. The number of piperidine rings is 1. The lowest BCUT2D eigenvalue weighted by Gasteiger charge is -2.33. The third-order valence-electron chi connectivity index (χ3n) is 3.84. The second kappa shape index (κ2) is 6.87. The molecule has 0 radical (unpaired) electrons. The normalized spacial score (nSPS) is 19.0. The molecular weight excluding hydrogens is 278 g/mol. The van der Waals surface area contributed by atoms with Gasteiger partial charge in [0.05, 0.1) is 11.3 Å². The Morgan fingerprint density at radius 3 is 2.30 bits per heavy atom. The molecule has 1 heterocycles. The van der Waals surface area contributed by atoms with E-state index in [0.717, 1.165) is 0 Å². The van der Waals surface area contributed by atoms with Crippen LogP contribution in [0.2, 0.25) is 0 Å². The predicted octanol–water partition coefficient (Wildman–Crippen LogP) is 0.305. The number of carbonyl (C=O) groups is 1. The van der Waals surface area contributed by atoms with Gasteiger partial charge in [0.15, 0.2) is 0 Å². The third-order valence-corrected chi connectivity index (χ3v) is 5.91. The van der Waals surface area contributed by atoms with Crippen molar-refractivity contribution in [3.63, 3.8) is 0 Å². The van der Waals surface area contributed by atoms with E-state index in [1.165, 1.54) is 0 Å². The molecule has 0 spiro atoms. The molecule has 118 valence electrons. The van der Waals surface area contributed by atoms with Crippen LogP contribution in [-0.2, 0) is 14.8 Å². The molecule has 0 aliphatic carbocycles. The van der Waals surface area contributed by atoms with Crippen molar-refractivity contribution in [3.8, 4) is 0 Å². The number of carbonyl (C=O) groups excluding carboxylic acids is 1. The highest BCUT2D eigenvalue weighted by Crippen LogP contribution is 2.16. The first kappa shape index (κ1) is 17.4. The Labute approximate surface area is 122 Å². The lowest BCUT2D eigenvalue weighted by Crippen LogP contribution is -2.55. The average Bonchev–Trinajstić information content (AvgIpc) is 2.39. The van der Waals surface area contributed by atoms with Crippen LogP contribution in [0.15, 0.2) is 0 Å². The summed E-state index contributed by atoms with van der Waals surface area (Å²) in [4.78, 5) is 12.0. The van der Waals surface area contributed by atoms with Crippen LogP contribution < -0.4 is 10.6 Å². The van der Waals surface area contributed by atoms with Crippen molar-refractivity contribution >= 4 is 15.9 Å². The van der Waals surface area contributed by atoms with Crippen LogP contribution in [0.5, 0.6) is 0 Å². The molecule has 0 aromatic heterocycles. The van der Waals surface area contributed by atoms with Gasteiger partial charge in [0.25, 0.3) is 0 Å². The summed E-state index contributed by atoms with van der Waals surface area (Å²) in [5.74, 6) is 0.159. The van der Waals surface area contributed by atoms with E-state index in [-0.39, 0.29) is 17.7 Å². The molecule has 2 N–H and O–H groups in total. The molecule has 6 nitrogen and oxygen atoms in total. The van der Waals surface area contributed by atoms with Crippen LogP contribution in [0, 0.1) is 0 Å². The molecule has 0 aromatic rings. The van der Waals surface area contributed by atoms with Crippen LogP contribution >= 0.6 is 0 Å². The molecule has 0 saturated carbocycles. The third kappa shape index (κ3) is 4.43. The summed E-state index contributed by atoms with van der Waals surface area (Å²) in [5, 5.41) is 5.95. The molecule has 20 heavy (non-hydrogen) atoms. The number of rotatable bonds is 6. The van der Waals surface area contributed by atoms with E-state index < -0.39 is 15.6 Å². The Morgan fingerprint density at radius 2 is 1.85 bits per heavy atom. The minimum absolute atomic E-state index is 0.0464. The molecule has 1 rings (SSSR count). The van der Waals surface area contributed by atoms with Gasteiger partial charge in [-0.05, 0) is 40.2 Å². The summed E-state index contributed by atoms with van der Waals surface area (Å²) < 4.78 is 25.4. The van der Waals surface area contributed by atoms with E-state index in [2.05, 4.69) is 10.6 Å². The van der Waals surface area contributed by atoms with Gasteiger partial charge in [0.2, 0.25) is 15.9 Å². The van der Waals surface area contributed by atoms with Crippen molar-refractivity contribution < 1.29 is 13.2 Å². The van der Waals surface area contributed by atoms with Gasteiger partial charge in [-0.2, -0.15) is 0 Å². The predicted molar refractivity (Wildman–Crippen MR) is 80.0 cm³/mol. The quantitative estimate of drug-likeness (QED) is 0.740. The van der Waals surface area contributed by atoms with Crippen molar-refractivity contribution in [1.82, 2.24) is 14.9 Å². The van der Waals surface area contributed by atoms with Crippen molar-refractivity contribution in [2.75, 3.05) is 25.9 Å². The summed E-state index contributed by atoms with van der Waals surface area (Å²) in [6, 6.07) is 0.0585. The van der Waals surface area contributed by atoms with E-state index in [4.69, 9.17) is 0 Å². The Kier molecular flexibility index (Phi) is 5.97. The first-order valence-electron chi connectivity index (χ1n) is 7.20. The van der Waals surface area contributed by atoms with Gasteiger partial charge >= 0.3 is 0 Å². The first-order chi connectivity index (χ1) is 9.23. The van der Waals surface area contributed by atoms with Gasteiger partial charge in [-0.1, -0.05) is 6.92 Å². The highest BCUT2D eigenvalue weighted by molar-refractivity contribution is 7.89. The van der Waals surface area contributed by atoms with Crippen LogP contribution in [0.25, 0.3) is 0 Å². The van der Waals surface area contributed by atoms with E-state index >= 15 is 0 Å². The van der Waals surface area contributed by atoms with E-state index in [1.54, 1.807) is 11.4 Å². The van der Waals surface area contributed by atoms with Crippen molar-refractivity contribution in [2.24, 2.45) is 0 Å². The summed E-state index contributed by atoms with van der Waals surface area (Å²) in [5.41, 5.74) is -0.606. The minimum atomic E-state index is -3.11. The minimum Gasteiger partial charge on any atom is -0.352 e. The number of amides is 1. The van der Waals surface area contributed by atoms with Gasteiger partial charge in [-0.3, -0.25) is 4.79 Å². The zero-order valence-electron chi connectivity index (χ0n) is 12.9. The van der Waals surface area contributed by atoms with Crippen LogP contribution in [0.1, 0.15) is 40.0 Å². The largest absolute Gasteiger partial charge is 0.352 e. The fourth-order valence-corrected chi connectivity index (χ4v) is 3.69. The second-order valence-electron chi connectivity index (χ2n) is 5.84. The molecule has 1 amide bonds. The number of sulfonamides is 1. The van der Waals surface area contributed by atoms with Crippen LogP contribution in [0.4, 0.5) is 0 Å². The van der Waals surface area contributed by atoms with Crippen molar-refractivity contribution in [3.05, 3.63) is 0 Å². The Bertz CT molecular complexity index is 426. The maximum absolute atomic E-state index is 12.0. The summed E-state index contributed by atoms with van der Waals surface area (Å²) in [6.45, 7) is 6.50. The zero-order valence-corrected chi connectivity index (χ0v) is 13.7. The topological polar surface area (TPSA) is 78.5 Å². The highest BCUT2D eigenvalue weighted by Gasteiger charge is 2.31. The standard InChI is InChI=1S/C13H27N3O3S/c1-5-10-20(18,19)16-8-6-11(7-9-16)15-12(17)13(2,3)14-4/h11,14H,5-10H2,1-4H3,(H,15,17). The summed E-state index contributed by atoms with van der Waals surface area (Å²) in [6.07, 6.45) is 1.98. The number of hydrogen-bond donors (Lipinski definition) is 2. The number of likely N-dealkylation sites (N-methyl/N-ethyl adjacent to an activating group) is 1. The molecule has 1 saturated heterocycles. The summed E-state index contributed by atoms with van der Waals surface area (Å²) in [7, 11) is -1.36. The lowest BCUT2D eigenvalue weighted by molar-refractivity contribution is -0.127. The molecule has 1 aliphatic heterocycles.